The van der Waals surface area contributed by atoms with Gasteiger partial charge in [-0.2, -0.15) is 0 Å². The third-order valence-corrected chi connectivity index (χ3v) is 2.28. The van der Waals surface area contributed by atoms with Crippen molar-refractivity contribution in [1.29, 1.82) is 0 Å². The van der Waals surface area contributed by atoms with Gasteiger partial charge in [-0.15, -0.1) is 12.4 Å². The number of carbonyl (C=O) groups is 2. The van der Waals surface area contributed by atoms with Crippen LogP contribution in [-0.2, 0) is 9.59 Å². The predicted molar refractivity (Wildman–Crippen MR) is 63.0 cm³/mol. The van der Waals surface area contributed by atoms with Crippen LogP contribution >= 0.6 is 12.4 Å². The molecule has 0 bridgehead atoms. The minimum Gasteiger partial charge on any atom is -0.480 e. The molecule has 0 radical (unpaired) electrons. The first-order valence-electron chi connectivity index (χ1n) is 4.81. The summed E-state index contributed by atoms with van der Waals surface area (Å²) in [6, 6.07) is -0.802. The van der Waals surface area contributed by atoms with Crippen LogP contribution in [0.4, 0.5) is 0 Å². The lowest BCUT2D eigenvalue weighted by molar-refractivity contribution is -0.143. The van der Waals surface area contributed by atoms with Crippen molar-refractivity contribution in [3.8, 4) is 0 Å². The van der Waals surface area contributed by atoms with Crippen molar-refractivity contribution in [3.63, 3.8) is 0 Å². The molecule has 0 fully saturated rings. The molecule has 94 valence electrons. The van der Waals surface area contributed by atoms with Crippen molar-refractivity contribution in [1.82, 2.24) is 4.90 Å². The molecular formula is C10H18ClNO4. The zero-order chi connectivity index (χ0) is 12.0. The minimum absolute atomic E-state index is 0. The predicted octanol–water partition coefficient (Wildman–Crippen LogP) is 1.23. The Balaban J connectivity index is 0. The molecule has 1 atom stereocenters. The number of rotatable bonds is 7. The van der Waals surface area contributed by atoms with Gasteiger partial charge in [0.25, 0.3) is 0 Å². The Bertz CT molecular complexity index is 264. The van der Waals surface area contributed by atoms with Crippen molar-refractivity contribution < 1.29 is 19.8 Å². The largest absolute Gasteiger partial charge is 0.480 e. The second-order valence-electron chi connectivity index (χ2n) is 3.19. The van der Waals surface area contributed by atoms with Gasteiger partial charge in [0, 0.05) is 12.0 Å². The second kappa shape index (κ2) is 8.13. The lowest BCUT2D eigenvalue weighted by Gasteiger charge is -2.25. The number of carboxylic acids is 2. The maximum atomic E-state index is 10.9. The summed E-state index contributed by atoms with van der Waals surface area (Å²) in [6.45, 7) is 8.15. The van der Waals surface area contributed by atoms with Gasteiger partial charge in [0.2, 0.25) is 0 Å². The highest BCUT2D eigenvalue weighted by molar-refractivity contribution is 5.87. The van der Waals surface area contributed by atoms with Crippen LogP contribution in [0.5, 0.6) is 0 Å². The third-order valence-electron chi connectivity index (χ3n) is 2.28. The molecule has 0 unspecified atom stereocenters. The molecule has 0 aromatic rings. The molecule has 0 heterocycles. The number of aliphatic carboxylic acids is 2. The van der Waals surface area contributed by atoms with E-state index in [-0.39, 0.29) is 24.4 Å². The molecule has 0 aromatic heterocycles. The topological polar surface area (TPSA) is 77.8 Å². The Labute approximate surface area is 101 Å². The van der Waals surface area contributed by atoms with Crippen molar-refractivity contribution in [2.45, 2.75) is 26.3 Å². The summed E-state index contributed by atoms with van der Waals surface area (Å²) >= 11 is 0. The molecule has 2 N–H and O–H groups in total. The highest BCUT2D eigenvalue weighted by Gasteiger charge is 2.25. The van der Waals surface area contributed by atoms with Crippen LogP contribution in [0.1, 0.15) is 20.3 Å². The molecule has 0 aliphatic rings. The monoisotopic (exact) mass is 251 g/mol. The molecule has 0 spiro atoms. The Kier molecular flexibility index (Phi) is 8.80. The van der Waals surface area contributed by atoms with E-state index in [1.54, 1.807) is 4.90 Å². The smallest absolute Gasteiger partial charge is 0.331 e. The molecule has 0 aromatic carbocycles. The highest BCUT2D eigenvalue weighted by atomic mass is 35.5. The summed E-state index contributed by atoms with van der Waals surface area (Å²) in [6.07, 6.45) is -0.0493. The van der Waals surface area contributed by atoms with Gasteiger partial charge in [-0.25, -0.2) is 4.79 Å². The number of nitrogens with zero attached hydrogens (tertiary/aromatic N) is 1. The number of halogens is 1. The molecule has 0 aliphatic heterocycles. The summed E-state index contributed by atoms with van der Waals surface area (Å²) in [5.74, 6) is -2.16. The number of hydrogen-bond donors (Lipinski definition) is 2. The molecule has 0 saturated carbocycles. The van der Waals surface area contributed by atoms with Gasteiger partial charge in [-0.1, -0.05) is 20.4 Å². The average Bonchev–Trinajstić information content (AvgIpc) is 2.17. The van der Waals surface area contributed by atoms with E-state index in [1.807, 2.05) is 13.8 Å². The fraction of sp³-hybridized carbons (Fsp3) is 0.600. The minimum atomic E-state index is -1.14. The van der Waals surface area contributed by atoms with E-state index < -0.39 is 18.0 Å². The molecule has 5 nitrogen and oxygen atoms in total. The van der Waals surface area contributed by atoms with Crippen LogP contribution in [0.25, 0.3) is 0 Å². The van der Waals surface area contributed by atoms with Crippen molar-refractivity contribution >= 4 is 24.3 Å². The highest BCUT2D eigenvalue weighted by Crippen LogP contribution is 2.10. The normalized spacial score (nSPS) is 11.7. The van der Waals surface area contributed by atoms with Crippen molar-refractivity contribution in [2.75, 3.05) is 13.1 Å². The summed E-state index contributed by atoms with van der Waals surface area (Å²) < 4.78 is 0. The molecule has 6 heteroatoms. The summed E-state index contributed by atoms with van der Waals surface area (Å²) in [4.78, 5) is 23.2. The number of carboxylic acid groups (broad SMARTS) is 2. The summed E-state index contributed by atoms with van der Waals surface area (Å²) in [7, 11) is 0. The Morgan fingerprint density at radius 1 is 1.25 bits per heavy atom. The average molecular weight is 252 g/mol. The first kappa shape index (κ1) is 17.3. The molecule has 0 saturated heterocycles. The summed E-state index contributed by atoms with van der Waals surface area (Å²) in [5.41, 5.74) is -0.0747. The van der Waals surface area contributed by atoms with Gasteiger partial charge < -0.3 is 10.2 Å². The van der Waals surface area contributed by atoms with E-state index in [0.29, 0.717) is 13.1 Å². The maximum Gasteiger partial charge on any atom is 0.331 e. The van der Waals surface area contributed by atoms with Crippen molar-refractivity contribution in [2.24, 2.45) is 0 Å². The fourth-order valence-corrected chi connectivity index (χ4v) is 1.36. The lowest BCUT2D eigenvalue weighted by Crippen LogP contribution is -2.41. The molecule has 0 amide bonds. The fourth-order valence-electron chi connectivity index (χ4n) is 1.36. The molecule has 0 rings (SSSR count). The maximum absolute atomic E-state index is 10.9. The first-order valence-corrected chi connectivity index (χ1v) is 4.81. The quantitative estimate of drug-likeness (QED) is 0.666. The molecule has 0 aliphatic carbocycles. The van der Waals surface area contributed by atoms with Crippen LogP contribution in [0.2, 0.25) is 0 Å². The SMILES string of the molecule is C=C(C[C@@H](C(=O)O)N(CC)CC)C(=O)O.Cl. The summed E-state index contributed by atoms with van der Waals surface area (Å²) in [5, 5.41) is 17.6. The van der Waals surface area contributed by atoms with E-state index in [0.717, 1.165) is 0 Å². The van der Waals surface area contributed by atoms with Crippen LogP contribution in [0.3, 0.4) is 0 Å². The van der Waals surface area contributed by atoms with Gasteiger partial charge in [0.15, 0.2) is 0 Å². The van der Waals surface area contributed by atoms with E-state index in [1.165, 1.54) is 0 Å². The van der Waals surface area contributed by atoms with Gasteiger partial charge in [-0.3, -0.25) is 9.69 Å². The second-order valence-corrected chi connectivity index (χ2v) is 3.19. The molecular weight excluding hydrogens is 234 g/mol. The number of likely N-dealkylation sites (N-methyl/N-ethyl adjacent to an activating group) is 1. The van der Waals surface area contributed by atoms with E-state index in [2.05, 4.69) is 6.58 Å². The van der Waals surface area contributed by atoms with E-state index >= 15 is 0 Å². The Morgan fingerprint density at radius 2 is 1.69 bits per heavy atom. The third kappa shape index (κ3) is 5.14. The van der Waals surface area contributed by atoms with Gasteiger partial charge in [-0.05, 0) is 13.1 Å². The van der Waals surface area contributed by atoms with Gasteiger partial charge >= 0.3 is 11.9 Å². The standard InChI is InChI=1S/C10H17NO4.ClH/c1-4-11(5-2)8(10(14)15)6-7(3)9(12)13;/h8H,3-6H2,1-2H3,(H,12,13)(H,14,15);1H/t8-;/m0./s1. The van der Waals surface area contributed by atoms with E-state index in [9.17, 15) is 9.59 Å². The first-order chi connectivity index (χ1) is 6.93. The van der Waals surface area contributed by atoms with E-state index in [4.69, 9.17) is 10.2 Å². The van der Waals surface area contributed by atoms with Crippen LogP contribution in [0, 0.1) is 0 Å². The van der Waals surface area contributed by atoms with Gasteiger partial charge in [0.1, 0.15) is 6.04 Å². The zero-order valence-electron chi connectivity index (χ0n) is 9.47. The van der Waals surface area contributed by atoms with Crippen LogP contribution in [-0.4, -0.2) is 46.2 Å². The lowest BCUT2D eigenvalue weighted by atomic mass is 10.1. The molecule has 16 heavy (non-hydrogen) atoms. The van der Waals surface area contributed by atoms with Gasteiger partial charge in [0.05, 0.1) is 0 Å². The van der Waals surface area contributed by atoms with Crippen molar-refractivity contribution in [3.05, 3.63) is 12.2 Å². The Hall–Kier alpha value is -1.07. The Morgan fingerprint density at radius 3 is 1.94 bits per heavy atom. The van der Waals surface area contributed by atoms with Crippen LogP contribution < -0.4 is 0 Å². The zero-order valence-corrected chi connectivity index (χ0v) is 10.3. The van der Waals surface area contributed by atoms with Crippen LogP contribution in [0.15, 0.2) is 12.2 Å². The number of hydrogen-bond acceptors (Lipinski definition) is 3.